The lowest BCUT2D eigenvalue weighted by atomic mass is 9.77. The lowest BCUT2D eigenvalue weighted by molar-refractivity contribution is 0.288. The molecule has 1 aliphatic rings. The van der Waals surface area contributed by atoms with E-state index in [0.29, 0.717) is 10.0 Å². The van der Waals surface area contributed by atoms with Crippen molar-refractivity contribution in [2.45, 2.75) is 44.6 Å². The van der Waals surface area contributed by atoms with Gasteiger partial charge in [0, 0.05) is 11.1 Å². The Morgan fingerprint density at radius 3 is 2.53 bits per heavy atom. The van der Waals surface area contributed by atoms with Crippen molar-refractivity contribution >= 4 is 15.9 Å². The van der Waals surface area contributed by atoms with E-state index in [1.807, 2.05) is 6.92 Å². The third kappa shape index (κ3) is 2.20. The number of rotatable bonds is 1. The quantitative estimate of drug-likeness (QED) is 0.830. The number of aryl methyl sites for hydroxylation is 1. The summed E-state index contributed by atoms with van der Waals surface area (Å²) in [6.45, 7) is 1.83. The van der Waals surface area contributed by atoms with Crippen LogP contribution in [-0.4, -0.2) is 5.11 Å². The third-order valence-corrected chi connectivity index (χ3v) is 4.64. The monoisotopic (exact) mass is 301 g/mol. The standard InChI is InChI=1S/C13H17BrFNO/c1-8-7-9(11(15)12(17)10(8)14)13(16)5-3-2-4-6-13/h7,17H,2-6,16H2,1H3. The highest BCUT2D eigenvalue weighted by atomic mass is 79.9. The van der Waals surface area contributed by atoms with Crippen molar-refractivity contribution in [2.24, 2.45) is 5.73 Å². The molecule has 2 nitrogen and oxygen atoms in total. The summed E-state index contributed by atoms with van der Waals surface area (Å²) in [5.74, 6) is -0.901. The first kappa shape index (κ1) is 12.8. The van der Waals surface area contributed by atoms with Crippen LogP contribution in [0.1, 0.15) is 43.2 Å². The molecule has 2 rings (SSSR count). The second-order valence-electron chi connectivity index (χ2n) is 4.93. The zero-order valence-electron chi connectivity index (χ0n) is 9.89. The predicted molar refractivity (Wildman–Crippen MR) is 69.5 cm³/mol. The molecule has 0 aliphatic heterocycles. The van der Waals surface area contributed by atoms with Crippen LogP contribution in [0, 0.1) is 12.7 Å². The molecule has 1 fully saturated rings. The summed E-state index contributed by atoms with van der Waals surface area (Å²) < 4.78 is 14.5. The van der Waals surface area contributed by atoms with Gasteiger partial charge in [0.1, 0.15) is 0 Å². The molecular formula is C13H17BrFNO. The van der Waals surface area contributed by atoms with E-state index in [1.54, 1.807) is 6.07 Å². The average molecular weight is 302 g/mol. The third-order valence-electron chi connectivity index (χ3n) is 3.64. The highest BCUT2D eigenvalue weighted by Gasteiger charge is 2.33. The molecule has 1 aliphatic carbocycles. The number of phenols is 1. The number of hydrogen-bond donors (Lipinski definition) is 2. The summed E-state index contributed by atoms with van der Waals surface area (Å²) in [5.41, 5.74) is 6.95. The SMILES string of the molecule is Cc1cc(C2(N)CCCCC2)c(F)c(O)c1Br. The van der Waals surface area contributed by atoms with Gasteiger partial charge in [0.15, 0.2) is 11.6 Å². The Kier molecular flexibility index (Phi) is 3.46. The second kappa shape index (κ2) is 4.58. The lowest BCUT2D eigenvalue weighted by Crippen LogP contribution is -2.39. The summed E-state index contributed by atoms with van der Waals surface area (Å²) in [6, 6.07) is 1.75. The van der Waals surface area contributed by atoms with Crippen LogP contribution in [0.4, 0.5) is 4.39 Å². The number of aromatic hydroxyl groups is 1. The van der Waals surface area contributed by atoms with Crippen LogP contribution < -0.4 is 5.73 Å². The van der Waals surface area contributed by atoms with Gasteiger partial charge in [0.25, 0.3) is 0 Å². The van der Waals surface area contributed by atoms with Crippen molar-refractivity contribution in [3.05, 3.63) is 27.5 Å². The summed E-state index contributed by atoms with van der Waals surface area (Å²) in [7, 11) is 0. The van der Waals surface area contributed by atoms with E-state index in [0.717, 1.165) is 37.7 Å². The average Bonchev–Trinajstić information content (AvgIpc) is 2.32. The molecule has 1 saturated carbocycles. The first-order valence-electron chi connectivity index (χ1n) is 5.92. The highest BCUT2D eigenvalue weighted by molar-refractivity contribution is 9.10. The van der Waals surface area contributed by atoms with Crippen molar-refractivity contribution in [2.75, 3.05) is 0 Å². The van der Waals surface area contributed by atoms with Gasteiger partial charge in [-0.3, -0.25) is 0 Å². The maximum Gasteiger partial charge on any atom is 0.171 e. The Balaban J connectivity index is 2.51. The Morgan fingerprint density at radius 1 is 1.35 bits per heavy atom. The fourth-order valence-electron chi connectivity index (χ4n) is 2.57. The Morgan fingerprint density at radius 2 is 1.94 bits per heavy atom. The zero-order valence-corrected chi connectivity index (χ0v) is 11.5. The molecule has 4 heteroatoms. The molecule has 0 atom stereocenters. The summed E-state index contributed by atoms with van der Waals surface area (Å²) in [4.78, 5) is 0. The molecule has 0 spiro atoms. The van der Waals surface area contributed by atoms with Gasteiger partial charge in [0.2, 0.25) is 0 Å². The zero-order chi connectivity index (χ0) is 12.6. The summed E-state index contributed by atoms with van der Waals surface area (Å²) >= 11 is 3.17. The van der Waals surface area contributed by atoms with Gasteiger partial charge in [-0.2, -0.15) is 0 Å². The molecular weight excluding hydrogens is 285 g/mol. The molecule has 0 bridgehead atoms. The maximum atomic E-state index is 14.1. The van der Waals surface area contributed by atoms with E-state index < -0.39 is 11.4 Å². The molecule has 17 heavy (non-hydrogen) atoms. The van der Waals surface area contributed by atoms with Gasteiger partial charge in [-0.1, -0.05) is 19.3 Å². The van der Waals surface area contributed by atoms with E-state index in [-0.39, 0.29) is 5.75 Å². The van der Waals surface area contributed by atoms with Crippen molar-refractivity contribution in [3.63, 3.8) is 0 Å². The molecule has 1 aromatic rings. The van der Waals surface area contributed by atoms with Crippen molar-refractivity contribution in [3.8, 4) is 5.75 Å². The predicted octanol–water partition coefficient (Wildman–Crippen LogP) is 3.72. The lowest BCUT2D eigenvalue weighted by Gasteiger charge is -2.34. The molecule has 0 heterocycles. The van der Waals surface area contributed by atoms with Gasteiger partial charge < -0.3 is 10.8 Å². The Hall–Kier alpha value is -0.610. The molecule has 0 amide bonds. The van der Waals surface area contributed by atoms with E-state index in [4.69, 9.17) is 5.73 Å². The molecule has 94 valence electrons. The second-order valence-corrected chi connectivity index (χ2v) is 5.73. The number of halogens is 2. The number of benzene rings is 1. The fraction of sp³-hybridized carbons (Fsp3) is 0.538. The first-order chi connectivity index (χ1) is 7.96. The van der Waals surface area contributed by atoms with Crippen LogP contribution in [0.5, 0.6) is 5.75 Å². The number of nitrogens with two attached hydrogens (primary N) is 1. The molecule has 1 aromatic carbocycles. The minimum absolute atomic E-state index is 0.324. The van der Waals surface area contributed by atoms with Gasteiger partial charge in [0.05, 0.1) is 4.47 Å². The van der Waals surface area contributed by atoms with Crippen molar-refractivity contribution in [1.82, 2.24) is 0 Å². The normalized spacial score (nSPS) is 19.3. The largest absolute Gasteiger partial charge is 0.504 e. The summed E-state index contributed by atoms with van der Waals surface area (Å²) in [6.07, 6.45) is 4.76. The van der Waals surface area contributed by atoms with E-state index in [2.05, 4.69) is 15.9 Å². The minimum Gasteiger partial charge on any atom is -0.504 e. The van der Waals surface area contributed by atoms with Gasteiger partial charge >= 0.3 is 0 Å². The first-order valence-corrected chi connectivity index (χ1v) is 6.72. The van der Waals surface area contributed by atoms with E-state index in [1.165, 1.54) is 0 Å². The van der Waals surface area contributed by atoms with Gasteiger partial charge in [-0.25, -0.2) is 4.39 Å². The van der Waals surface area contributed by atoms with Crippen molar-refractivity contribution in [1.29, 1.82) is 0 Å². The molecule has 0 radical (unpaired) electrons. The Labute approximate surface area is 109 Å². The smallest absolute Gasteiger partial charge is 0.171 e. The minimum atomic E-state index is -0.620. The van der Waals surface area contributed by atoms with Crippen molar-refractivity contribution < 1.29 is 9.50 Å². The van der Waals surface area contributed by atoms with E-state index >= 15 is 0 Å². The van der Waals surface area contributed by atoms with Crippen LogP contribution in [0.15, 0.2) is 10.5 Å². The van der Waals surface area contributed by atoms with Crippen LogP contribution in [0.2, 0.25) is 0 Å². The highest BCUT2D eigenvalue weighted by Crippen LogP contribution is 2.41. The number of phenolic OH excluding ortho intramolecular Hbond substituents is 1. The van der Waals surface area contributed by atoms with Crippen LogP contribution in [-0.2, 0) is 5.54 Å². The Bertz CT molecular complexity index is 442. The molecule has 3 N–H and O–H groups in total. The molecule has 0 saturated heterocycles. The fourth-order valence-corrected chi connectivity index (χ4v) is 2.86. The van der Waals surface area contributed by atoms with Crippen LogP contribution in [0.25, 0.3) is 0 Å². The summed E-state index contributed by atoms with van der Waals surface area (Å²) in [5, 5.41) is 9.74. The van der Waals surface area contributed by atoms with Gasteiger partial charge in [-0.15, -0.1) is 0 Å². The van der Waals surface area contributed by atoms with Crippen LogP contribution >= 0.6 is 15.9 Å². The maximum absolute atomic E-state index is 14.1. The molecule has 0 unspecified atom stereocenters. The van der Waals surface area contributed by atoms with Crippen LogP contribution in [0.3, 0.4) is 0 Å². The molecule has 0 aromatic heterocycles. The number of hydrogen-bond acceptors (Lipinski definition) is 2. The van der Waals surface area contributed by atoms with Gasteiger partial charge in [-0.05, 0) is 47.3 Å². The topological polar surface area (TPSA) is 46.2 Å². The van der Waals surface area contributed by atoms with E-state index in [9.17, 15) is 9.50 Å².